The van der Waals surface area contributed by atoms with Gasteiger partial charge in [0.25, 0.3) is 0 Å². The number of aliphatic hydroxyl groups is 1. The molecule has 1 N–H and O–H groups in total. The van der Waals surface area contributed by atoms with E-state index in [4.69, 9.17) is 23.2 Å². The summed E-state index contributed by atoms with van der Waals surface area (Å²) in [7, 11) is 0. The van der Waals surface area contributed by atoms with Crippen molar-refractivity contribution in [1.82, 2.24) is 0 Å². The maximum atomic E-state index is 9.61. The van der Waals surface area contributed by atoms with Crippen molar-refractivity contribution in [3.63, 3.8) is 0 Å². The fraction of sp³-hybridized carbons (Fsp3) is 0.643. The van der Waals surface area contributed by atoms with Crippen molar-refractivity contribution < 1.29 is 5.11 Å². The van der Waals surface area contributed by atoms with Crippen molar-refractivity contribution in [3.8, 4) is 6.07 Å². The minimum absolute atomic E-state index is 0.0686. The Kier molecular flexibility index (Phi) is 4.06. The summed E-state index contributed by atoms with van der Waals surface area (Å²) >= 11 is 12.2. The zero-order chi connectivity index (χ0) is 13.3. The van der Waals surface area contributed by atoms with Gasteiger partial charge in [0.1, 0.15) is 0 Å². The molecule has 2 unspecified atom stereocenters. The monoisotopic (exact) mass is 285 g/mol. The van der Waals surface area contributed by atoms with E-state index in [0.717, 1.165) is 12.8 Å². The lowest BCUT2D eigenvalue weighted by molar-refractivity contribution is 0.0609. The molecular weight excluding hydrogens is 269 g/mol. The SMILES string of the molecule is CC1C(Cl)=C(Cl)C=CC1C1(C#N)CCC(O)CC1. The predicted octanol–water partition coefficient (Wildman–Crippen LogP) is 3.94. The lowest BCUT2D eigenvalue weighted by atomic mass is 9.62. The van der Waals surface area contributed by atoms with E-state index in [0.29, 0.717) is 22.9 Å². The van der Waals surface area contributed by atoms with Crippen molar-refractivity contribution in [1.29, 1.82) is 5.26 Å². The molecular formula is C14H17Cl2NO. The number of hydrogen-bond acceptors (Lipinski definition) is 2. The standard InChI is InChI=1S/C14H17Cl2NO/c1-9-11(2-3-12(15)13(9)16)14(8-17)6-4-10(18)5-7-14/h2-3,9-11,18H,4-7H2,1H3. The topological polar surface area (TPSA) is 44.0 Å². The quantitative estimate of drug-likeness (QED) is 0.793. The van der Waals surface area contributed by atoms with Crippen LogP contribution < -0.4 is 0 Å². The molecule has 98 valence electrons. The van der Waals surface area contributed by atoms with Crippen LogP contribution in [0.1, 0.15) is 32.6 Å². The Morgan fingerprint density at radius 1 is 1.39 bits per heavy atom. The maximum absolute atomic E-state index is 9.61. The predicted molar refractivity (Wildman–Crippen MR) is 73.0 cm³/mol. The molecule has 0 saturated heterocycles. The van der Waals surface area contributed by atoms with Crippen molar-refractivity contribution in [2.45, 2.75) is 38.7 Å². The Hall–Kier alpha value is -0.490. The summed E-state index contributed by atoms with van der Waals surface area (Å²) in [6.45, 7) is 2.02. The second kappa shape index (κ2) is 5.25. The highest BCUT2D eigenvalue weighted by Gasteiger charge is 2.44. The molecule has 4 heteroatoms. The van der Waals surface area contributed by atoms with Gasteiger partial charge in [0.15, 0.2) is 0 Å². The van der Waals surface area contributed by atoms with Crippen molar-refractivity contribution in [2.75, 3.05) is 0 Å². The van der Waals surface area contributed by atoms with Crippen LogP contribution in [0.4, 0.5) is 0 Å². The number of allylic oxidation sites excluding steroid dienone is 4. The molecule has 2 rings (SSSR count). The highest BCUT2D eigenvalue weighted by molar-refractivity contribution is 6.40. The summed E-state index contributed by atoms with van der Waals surface area (Å²) < 4.78 is 0. The minimum Gasteiger partial charge on any atom is -0.393 e. The molecule has 0 aromatic carbocycles. The average Bonchev–Trinajstić information content (AvgIpc) is 2.38. The molecule has 0 heterocycles. The molecule has 2 aliphatic carbocycles. The Labute approximate surface area is 118 Å². The third-order valence-electron chi connectivity index (χ3n) is 4.32. The first-order valence-corrected chi connectivity index (χ1v) is 7.08. The molecule has 1 fully saturated rings. The normalized spacial score (nSPS) is 40.7. The minimum atomic E-state index is -0.410. The van der Waals surface area contributed by atoms with Crippen LogP contribution in [-0.4, -0.2) is 11.2 Å². The third-order valence-corrected chi connectivity index (χ3v) is 5.30. The fourth-order valence-corrected chi connectivity index (χ4v) is 3.55. The first-order chi connectivity index (χ1) is 8.50. The lowest BCUT2D eigenvalue weighted by Gasteiger charge is -2.42. The molecule has 18 heavy (non-hydrogen) atoms. The summed E-state index contributed by atoms with van der Waals surface area (Å²) in [6.07, 6.45) is 6.40. The summed E-state index contributed by atoms with van der Waals surface area (Å²) in [5.74, 6) is 0.157. The number of halogens is 2. The molecule has 0 bridgehead atoms. The molecule has 0 aliphatic heterocycles. The average molecular weight is 286 g/mol. The fourth-order valence-electron chi connectivity index (χ4n) is 3.11. The maximum Gasteiger partial charge on any atom is 0.0696 e. The van der Waals surface area contributed by atoms with Gasteiger partial charge in [-0.1, -0.05) is 36.2 Å². The van der Waals surface area contributed by atoms with Crippen LogP contribution in [0.3, 0.4) is 0 Å². The van der Waals surface area contributed by atoms with Crippen LogP contribution >= 0.6 is 23.2 Å². The van der Waals surface area contributed by atoms with E-state index in [1.165, 1.54) is 0 Å². The van der Waals surface area contributed by atoms with E-state index in [-0.39, 0.29) is 17.9 Å². The van der Waals surface area contributed by atoms with Crippen LogP contribution in [0.15, 0.2) is 22.2 Å². The number of aliphatic hydroxyl groups excluding tert-OH is 1. The summed E-state index contributed by atoms with van der Waals surface area (Å²) in [5.41, 5.74) is -0.410. The van der Waals surface area contributed by atoms with E-state index in [1.807, 2.05) is 13.0 Å². The second-order valence-electron chi connectivity index (χ2n) is 5.37. The van der Waals surface area contributed by atoms with Gasteiger partial charge in [-0.3, -0.25) is 0 Å². The molecule has 0 amide bonds. The first-order valence-electron chi connectivity index (χ1n) is 6.33. The van der Waals surface area contributed by atoms with Crippen LogP contribution in [0.25, 0.3) is 0 Å². The molecule has 0 aromatic heterocycles. The molecule has 1 saturated carbocycles. The molecule has 0 radical (unpaired) electrons. The number of hydrogen-bond donors (Lipinski definition) is 1. The summed E-state index contributed by atoms with van der Waals surface area (Å²) in [4.78, 5) is 0. The molecule has 2 nitrogen and oxygen atoms in total. The zero-order valence-electron chi connectivity index (χ0n) is 10.4. The summed E-state index contributed by atoms with van der Waals surface area (Å²) in [5, 5.41) is 20.4. The smallest absolute Gasteiger partial charge is 0.0696 e. The molecule has 0 spiro atoms. The first kappa shape index (κ1) is 13.9. The van der Waals surface area contributed by atoms with Gasteiger partial charge in [0.05, 0.1) is 22.6 Å². The van der Waals surface area contributed by atoms with Crippen molar-refractivity contribution in [2.24, 2.45) is 17.3 Å². The van der Waals surface area contributed by atoms with Gasteiger partial charge < -0.3 is 5.11 Å². The van der Waals surface area contributed by atoms with Gasteiger partial charge in [-0.25, -0.2) is 0 Å². The van der Waals surface area contributed by atoms with Crippen LogP contribution in [0, 0.1) is 28.6 Å². The second-order valence-corrected chi connectivity index (χ2v) is 6.18. The number of nitriles is 1. The zero-order valence-corrected chi connectivity index (χ0v) is 11.9. The Morgan fingerprint density at radius 3 is 2.56 bits per heavy atom. The third kappa shape index (κ3) is 2.32. The van der Waals surface area contributed by atoms with E-state index >= 15 is 0 Å². The van der Waals surface area contributed by atoms with Gasteiger partial charge in [0.2, 0.25) is 0 Å². The van der Waals surface area contributed by atoms with Gasteiger partial charge in [0, 0.05) is 16.9 Å². The van der Waals surface area contributed by atoms with Crippen LogP contribution in [-0.2, 0) is 0 Å². The molecule has 2 atom stereocenters. The van der Waals surface area contributed by atoms with Gasteiger partial charge in [-0.05, 0) is 31.8 Å². The van der Waals surface area contributed by atoms with Crippen LogP contribution in [0.2, 0.25) is 0 Å². The summed E-state index contributed by atoms with van der Waals surface area (Å²) in [6, 6.07) is 2.49. The highest BCUT2D eigenvalue weighted by atomic mass is 35.5. The van der Waals surface area contributed by atoms with E-state index in [9.17, 15) is 10.4 Å². The Morgan fingerprint density at radius 2 is 2.00 bits per heavy atom. The molecule has 2 aliphatic rings. The van der Waals surface area contributed by atoms with Gasteiger partial charge in [-0.2, -0.15) is 5.26 Å². The Bertz CT molecular complexity index is 428. The highest BCUT2D eigenvalue weighted by Crippen LogP contribution is 2.50. The number of nitrogens with zero attached hydrogens (tertiary/aromatic N) is 1. The van der Waals surface area contributed by atoms with Crippen LogP contribution in [0.5, 0.6) is 0 Å². The van der Waals surface area contributed by atoms with Gasteiger partial charge in [-0.15, -0.1) is 0 Å². The van der Waals surface area contributed by atoms with Crippen molar-refractivity contribution in [3.05, 3.63) is 22.2 Å². The van der Waals surface area contributed by atoms with Crippen molar-refractivity contribution >= 4 is 23.2 Å². The van der Waals surface area contributed by atoms with Gasteiger partial charge >= 0.3 is 0 Å². The Balaban J connectivity index is 2.26. The van der Waals surface area contributed by atoms with E-state index in [1.54, 1.807) is 6.08 Å². The van der Waals surface area contributed by atoms with E-state index < -0.39 is 5.41 Å². The largest absolute Gasteiger partial charge is 0.393 e. The number of rotatable bonds is 1. The molecule has 0 aromatic rings. The lowest BCUT2D eigenvalue weighted by Crippen LogP contribution is -2.38. The van der Waals surface area contributed by atoms with E-state index in [2.05, 4.69) is 6.07 Å².